The van der Waals surface area contributed by atoms with E-state index in [0.717, 1.165) is 0 Å². The Labute approximate surface area is 196 Å². The van der Waals surface area contributed by atoms with E-state index >= 15 is 0 Å². The molecule has 2 aromatic rings. The van der Waals surface area contributed by atoms with Gasteiger partial charge in [-0.1, -0.05) is 29.8 Å². The van der Waals surface area contributed by atoms with Gasteiger partial charge in [-0.15, -0.1) is 0 Å². The van der Waals surface area contributed by atoms with Crippen LogP contribution in [0.25, 0.3) is 6.08 Å². The number of hydrogen-bond donors (Lipinski definition) is 4. The van der Waals surface area contributed by atoms with Crippen LogP contribution < -0.4 is 26.2 Å². The molecule has 0 aromatic heterocycles. The van der Waals surface area contributed by atoms with Crippen LogP contribution in [0, 0.1) is 0 Å². The monoisotopic (exact) mass is 474 g/mol. The molecule has 2 aromatic carbocycles. The molecular formula is C22H23ClN4O4S. The first kappa shape index (κ1) is 24.8. The van der Waals surface area contributed by atoms with Gasteiger partial charge in [-0.25, -0.2) is 0 Å². The molecule has 8 nitrogen and oxygen atoms in total. The van der Waals surface area contributed by atoms with Crippen LogP contribution in [0.4, 0.5) is 5.69 Å². The number of amides is 3. The topological polar surface area (TPSA) is 109 Å². The third-order valence-electron chi connectivity index (χ3n) is 3.90. The summed E-state index contributed by atoms with van der Waals surface area (Å²) in [5, 5.41) is 5.50. The molecule has 2 rings (SSSR count). The van der Waals surface area contributed by atoms with E-state index in [1.54, 1.807) is 54.6 Å². The van der Waals surface area contributed by atoms with Gasteiger partial charge in [0, 0.05) is 29.6 Å². The van der Waals surface area contributed by atoms with Crippen molar-refractivity contribution in [3.05, 3.63) is 65.2 Å². The highest BCUT2D eigenvalue weighted by molar-refractivity contribution is 7.80. The van der Waals surface area contributed by atoms with Gasteiger partial charge in [-0.2, -0.15) is 0 Å². The molecule has 168 valence electrons. The molecule has 0 unspecified atom stereocenters. The van der Waals surface area contributed by atoms with Crippen molar-refractivity contribution in [3.8, 4) is 5.75 Å². The molecule has 32 heavy (non-hydrogen) atoms. The minimum absolute atomic E-state index is 0.0274. The summed E-state index contributed by atoms with van der Waals surface area (Å²) in [6, 6.07) is 14.0. The molecular weight excluding hydrogens is 452 g/mol. The molecule has 0 radical (unpaired) electrons. The van der Waals surface area contributed by atoms with Crippen LogP contribution >= 0.6 is 23.8 Å². The summed E-state index contributed by atoms with van der Waals surface area (Å²) in [6.45, 7) is 2.44. The molecule has 0 bridgehead atoms. The maximum absolute atomic E-state index is 12.0. The Morgan fingerprint density at radius 2 is 1.69 bits per heavy atom. The van der Waals surface area contributed by atoms with Gasteiger partial charge in [0.2, 0.25) is 17.7 Å². The fraction of sp³-hybridized carbons (Fsp3) is 0.182. The van der Waals surface area contributed by atoms with Gasteiger partial charge in [-0.05, 0) is 61.1 Å². The average molecular weight is 475 g/mol. The van der Waals surface area contributed by atoms with Crippen LogP contribution in [0.5, 0.6) is 5.75 Å². The number of thiocarbonyl (C=S) groups is 1. The number of hydrazine groups is 1. The van der Waals surface area contributed by atoms with E-state index < -0.39 is 11.8 Å². The predicted molar refractivity (Wildman–Crippen MR) is 128 cm³/mol. The third-order valence-corrected chi connectivity index (χ3v) is 4.45. The van der Waals surface area contributed by atoms with Crippen LogP contribution in [-0.2, 0) is 14.4 Å². The zero-order valence-electron chi connectivity index (χ0n) is 17.3. The average Bonchev–Trinajstić information content (AvgIpc) is 2.77. The van der Waals surface area contributed by atoms with E-state index in [9.17, 15) is 14.4 Å². The Morgan fingerprint density at radius 3 is 2.38 bits per heavy atom. The first-order valence-electron chi connectivity index (χ1n) is 9.72. The van der Waals surface area contributed by atoms with E-state index in [-0.39, 0.29) is 23.9 Å². The molecule has 0 saturated heterocycles. The molecule has 0 heterocycles. The Bertz CT molecular complexity index is 996. The van der Waals surface area contributed by atoms with E-state index in [4.69, 9.17) is 28.6 Å². The highest BCUT2D eigenvalue weighted by Crippen LogP contribution is 2.16. The first-order chi connectivity index (χ1) is 15.4. The highest BCUT2D eigenvalue weighted by Gasteiger charge is 2.08. The molecule has 0 saturated carbocycles. The quantitative estimate of drug-likeness (QED) is 0.266. The first-order valence-corrected chi connectivity index (χ1v) is 10.5. The largest absolute Gasteiger partial charge is 0.494 e. The van der Waals surface area contributed by atoms with Crippen LogP contribution in [0.15, 0.2) is 54.6 Å². The number of rotatable bonds is 8. The lowest BCUT2D eigenvalue weighted by Gasteiger charge is -2.10. The van der Waals surface area contributed by atoms with Crippen molar-refractivity contribution in [2.45, 2.75) is 19.8 Å². The Morgan fingerprint density at radius 1 is 1.00 bits per heavy atom. The van der Waals surface area contributed by atoms with Crippen LogP contribution in [0.3, 0.4) is 0 Å². The maximum Gasteiger partial charge on any atom is 0.250 e. The summed E-state index contributed by atoms with van der Waals surface area (Å²) in [7, 11) is 0. The zero-order chi connectivity index (χ0) is 23.3. The van der Waals surface area contributed by atoms with E-state index in [1.807, 2.05) is 6.92 Å². The molecule has 0 aliphatic heterocycles. The van der Waals surface area contributed by atoms with E-state index in [0.29, 0.717) is 28.6 Å². The van der Waals surface area contributed by atoms with Gasteiger partial charge in [0.25, 0.3) is 0 Å². The van der Waals surface area contributed by atoms with Crippen molar-refractivity contribution < 1.29 is 19.1 Å². The second-order valence-electron chi connectivity index (χ2n) is 6.35. The summed E-state index contributed by atoms with van der Waals surface area (Å²) >= 11 is 11.0. The number of anilines is 1. The van der Waals surface area contributed by atoms with Crippen molar-refractivity contribution in [2.24, 2.45) is 0 Å². The Kier molecular flexibility index (Phi) is 10.2. The summed E-state index contributed by atoms with van der Waals surface area (Å²) in [5.41, 5.74) is 6.02. The maximum atomic E-state index is 12.0. The third kappa shape index (κ3) is 9.15. The molecule has 10 heteroatoms. The highest BCUT2D eigenvalue weighted by atomic mass is 35.5. The van der Waals surface area contributed by atoms with E-state index in [1.165, 1.54) is 6.08 Å². The van der Waals surface area contributed by atoms with Crippen molar-refractivity contribution in [1.29, 1.82) is 0 Å². The number of hydrogen-bond acceptors (Lipinski definition) is 5. The van der Waals surface area contributed by atoms with Gasteiger partial charge in [0.05, 0.1) is 6.61 Å². The summed E-state index contributed by atoms with van der Waals surface area (Å²) < 4.78 is 5.34. The molecule has 0 fully saturated rings. The van der Waals surface area contributed by atoms with Gasteiger partial charge in [0.1, 0.15) is 5.75 Å². The zero-order valence-corrected chi connectivity index (χ0v) is 18.9. The van der Waals surface area contributed by atoms with Crippen molar-refractivity contribution in [2.75, 3.05) is 11.9 Å². The second kappa shape index (κ2) is 13.1. The lowest BCUT2D eigenvalue weighted by atomic mass is 10.2. The van der Waals surface area contributed by atoms with Gasteiger partial charge in [-0.3, -0.25) is 30.6 Å². The lowest BCUT2D eigenvalue weighted by molar-refractivity contribution is -0.124. The van der Waals surface area contributed by atoms with Gasteiger partial charge < -0.3 is 10.1 Å². The van der Waals surface area contributed by atoms with Gasteiger partial charge in [0.15, 0.2) is 5.11 Å². The SMILES string of the molecule is CCOc1ccc(NC(=O)CCC(=O)NNC(=S)NC(=O)C=Cc2ccccc2Cl)cc1. The minimum atomic E-state index is -0.494. The summed E-state index contributed by atoms with van der Waals surface area (Å²) in [4.78, 5) is 35.8. The van der Waals surface area contributed by atoms with Crippen molar-refractivity contribution in [3.63, 3.8) is 0 Å². The number of carbonyl (C=O) groups is 3. The van der Waals surface area contributed by atoms with Crippen LogP contribution in [-0.4, -0.2) is 29.4 Å². The molecule has 0 atom stereocenters. The molecule has 0 spiro atoms. The van der Waals surface area contributed by atoms with Crippen molar-refractivity contribution in [1.82, 2.24) is 16.2 Å². The summed E-state index contributed by atoms with van der Waals surface area (Å²) in [6.07, 6.45) is 2.71. The Hall–Kier alpha value is -3.43. The fourth-order valence-electron chi connectivity index (χ4n) is 2.40. The smallest absolute Gasteiger partial charge is 0.250 e. The van der Waals surface area contributed by atoms with Crippen LogP contribution in [0.1, 0.15) is 25.3 Å². The van der Waals surface area contributed by atoms with Crippen LogP contribution in [0.2, 0.25) is 5.02 Å². The number of ether oxygens (including phenoxy) is 1. The fourth-order valence-corrected chi connectivity index (χ4v) is 2.75. The van der Waals surface area contributed by atoms with Crippen molar-refractivity contribution >= 4 is 58.4 Å². The molecule has 0 aliphatic rings. The molecule has 3 amide bonds. The lowest BCUT2D eigenvalue weighted by Crippen LogP contribution is -2.48. The molecule has 4 N–H and O–H groups in total. The predicted octanol–water partition coefficient (Wildman–Crippen LogP) is 3.19. The minimum Gasteiger partial charge on any atom is -0.494 e. The Balaban J connectivity index is 1.66. The number of carbonyl (C=O) groups excluding carboxylic acids is 3. The van der Waals surface area contributed by atoms with Gasteiger partial charge >= 0.3 is 0 Å². The standard InChI is InChI=1S/C22H23ClN4O4S/c1-2-31-17-10-8-16(9-11-17)24-19(28)13-14-21(30)26-27-22(32)25-20(29)12-7-15-5-3-4-6-18(15)23/h3-12H,2,13-14H2,1H3,(H,24,28)(H,26,30)(H2,25,27,29,32). The normalized spacial score (nSPS) is 10.3. The number of benzene rings is 2. The molecule has 0 aliphatic carbocycles. The number of nitrogens with one attached hydrogen (secondary N) is 4. The summed E-state index contributed by atoms with van der Waals surface area (Å²) in [5.74, 6) is -0.565. The second-order valence-corrected chi connectivity index (χ2v) is 7.17. The number of halogens is 1. The van der Waals surface area contributed by atoms with E-state index in [2.05, 4.69) is 21.5 Å².